The molecule has 0 saturated heterocycles. The van der Waals surface area contributed by atoms with Crippen molar-refractivity contribution in [3.63, 3.8) is 0 Å². The molecule has 0 radical (unpaired) electrons. The van der Waals surface area contributed by atoms with Gasteiger partial charge in [-0.3, -0.25) is 14.5 Å². The van der Waals surface area contributed by atoms with Gasteiger partial charge in [-0.1, -0.05) is 11.6 Å². The normalized spacial score (nSPS) is 10.1. The quantitative estimate of drug-likeness (QED) is 0.841. The first-order chi connectivity index (χ1) is 8.54. The van der Waals surface area contributed by atoms with Crippen LogP contribution in [0, 0.1) is 0 Å². The average Bonchev–Trinajstić information content (AvgIpc) is 2.31. The van der Waals surface area contributed by atoms with E-state index in [0.717, 1.165) is 0 Å². The van der Waals surface area contributed by atoms with Gasteiger partial charge in [0.25, 0.3) is 5.91 Å². The molecule has 0 atom stereocenters. The number of hydrogen-bond donors (Lipinski definition) is 1. The minimum Gasteiger partial charge on any atom is -0.481 e. The highest BCUT2D eigenvalue weighted by molar-refractivity contribution is 6.30. The number of carbonyl (C=O) groups excluding carboxylic acids is 1. The number of aromatic nitrogens is 1. The van der Waals surface area contributed by atoms with E-state index in [1.54, 1.807) is 12.1 Å². The van der Waals surface area contributed by atoms with Crippen LogP contribution >= 0.6 is 11.6 Å². The maximum absolute atomic E-state index is 11.8. The van der Waals surface area contributed by atoms with Crippen LogP contribution in [-0.2, 0) is 14.3 Å². The van der Waals surface area contributed by atoms with Gasteiger partial charge in [-0.05, 0) is 12.1 Å². The molecule has 1 amide bonds. The Morgan fingerprint density at radius 1 is 1.50 bits per heavy atom. The van der Waals surface area contributed by atoms with Crippen LogP contribution in [0.4, 0.5) is 5.82 Å². The Labute approximate surface area is 109 Å². The molecular formula is C11H13ClN2O4. The lowest BCUT2D eigenvalue weighted by Crippen LogP contribution is -2.36. The first-order valence-electron chi connectivity index (χ1n) is 5.17. The summed E-state index contributed by atoms with van der Waals surface area (Å²) in [5.74, 6) is -0.990. The van der Waals surface area contributed by atoms with Crippen molar-refractivity contribution in [3.8, 4) is 0 Å². The molecule has 0 aliphatic heterocycles. The molecule has 0 fully saturated rings. The van der Waals surface area contributed by atoms with Crippen molar-refractivity contribution in [3.05, 3.63) is 23.4 Å². The summed E-state index contributed by atoms with van der Waals surface area (Å²) in [5, 5.41) is 9.10. The SMILES string of the molecule is COCC(=O)N(CCC(=O)O)c1ccc(Cl)cn1. The molecule has 1 aromatic rings. The second-order valence-electron chi connectivity index (χ2n) is 3.46. The zero-order chi connectivity index (χ0) is 13.5. The molecule has 0 aliphatic rings. The third-order valence-corrected chi connectivity index (χ3v) is 2.33. The summed E-state index contributed by atoms with van der Waals surface area (Å²) in [7, 11) is 1.39. The predicted molar refractivity (Wildman–Crippen MR) is 65.7 cm³/mol. The van der Waals surface area contributed by atoms with Crippen LogP contribution in [0.5, 0.6) is 0 Å². The van der Waals surface area contributed by atoms with E-state index in [9.17, 15) is 9.59 Å². The minimum atomic E-state index is -0.987. The maximum Gasteiger partial charge on any atom is 0.305 e. The van der Waals surface area contributed by atoms with Crippen LogP contribution in [0.25, 0.3) is 0 Å². The molecule has 0 spiro atoms. The van der Waals surface area contributed by atoms with Gasteiger partial charge >= 0.3 is 5.97 Å². The summed E-state index contributed by atoms with van der Waals surface area (Å²) in [5.41, 5.74) is 0. The van der Waals surface area contributed by atoms with Gasteiger partial charge in [0.15, 0.2) is 0 Å². The maximum atomic E-state index is 11.8. The van der Waals surface area contributed by atoms with Gasteiger partial charge in [-0.2, -0.15) is 0 Å². The van der Waals surface area contributed by atoms with Crippen molar-refractivity contribution in [2.75, 3.05) is 25.2 Å². The van der Waals surface area contributed by atoms with Crippen molar-refractivity contribution < 1.29 is 19.4 Å². The van der Waals surface area contributed by atoms with Gasteiger partial charge in [0, 0.05) is 19.9 Å². The Balaban J connectivity index is 2.85. The molecule has 0 bridgehead atoms. The molecular weight excluding hydrogens is 260 g/mol. The minimum absolute atomic E-state index is 0.0339. The largest absolute Gasteiger partial charge is 0.481 e. The van der Waals surface area contributed by atoms with Crippen molar-refractivity contribution in [2.24, 2.45) is 0 Å². The third-order valence-electron chi connectivity index (χ3n) is 2.11. The van der Waals surface area contributed by atoms with Crippen LogP contribution in [0.2, 0.25) is 5.02 Å². The van der Waals surface area contributed by atoms with E-state index in [2.05, 4.69) is 4.98 Å². The number of amides is 1. The fourth-order valence-electron chi connectivity index (χ4n) is 1.30. The Hall–Kier alpha value is -1.66. The van der Waals surface area contributed by atoms with Crippen LogP contribution in [0.3, 0.4) is 0 Å². The zero-order valence-electron chi connectivity index (χ0n) is 9.80. The highest BCUT2D eigenvalue weighted by atomic mass is 35.5. The van der Waals surface area contributed by atoms with E-state index in [4.69, 9.17) is 21.4 Å². The summed E-state index contributed by atoms with van der Waals surface area (Å²) in [6.45, 7) is -0.101. The third kappa shape index (κ3) is 4.31. The van der Waals surface area contributed by atoms with Crippen LogP contribution in [0.15, 0.2) is 18.3 Å². The van der Waals surface area contributed by atoms with Gasteiger partial charge in [-0.15, -0.1) is 0 Å². The number of nitrogens with zero attached hydrogens (tertiary/aromatic N) is 2. The molecule has 98 valence electrons. The van der Waals surface area contributed by atoms with E-state index >= 15 is 0 Å². The molecule has 0 unspecified atom stereocenters. The summed E-state index contributed by atoms with van der Waals surface area (Å²) in [4.78, 5) is 27.6. The van der Waals surface area contributed by atoms with Gasteiger partial charge in [-0.25, -0.2) is 4.98 Å². The lowest BCUT2D eigenvalue weighted by atomic mass is 10.3. The highest BCUT2D eigenvalue weighted by Crippen LogP contribution is 2.15. The number of carboxylic acids is 1. The number of anilines is 1. The lowest BCUT2D eigenvalue weighted by Gasteiger charge is -2.20. The summed E-state index contributed by atoms with van der Waals surface area (Å²) in [6, 6.07) is 3.13. The summed E-state index contributed by atoms with van der Waals surface area (Å²) >= 11 is 5.70. The van der Waals surface area contributed by atoms with E-state index < -0.39 is 5.97 Å². The van der Waals surface area contributed by atoms with Crippen LogP contribution < -0.4 is 4.90 Å². The molecule has 7 heteroatoms. The Morgan fingerprint density at radius 2 is 2.22 bits per heavy atom. The fraction of sp³-hybridized carbons (Fsp3) is 0.364. The fourth-order valence-corrected chi connectivity index (χ4v) is 1.42. The van der Waals surface area contributed by atoms with E-state index in [1.165, 1.54) is 18.2 Å². The number of hydrogen-bond acceptors (Lipinski definition) is 4. The Morgan fingerprint density at radius 3 is 2.72 bits per heavy atom. The van der Waals surface area contributed by atoms with E-state index in [0.29, 0.717) is 10.8 Å². The molecule has 1 N–H and O–H groups in total. The van der Waals surface area contributed by atoms with Crippen molar-refractivity contribution in [1.29, 1.82) is 0 Å². The Kier molecular flexibility index (Phi) is 5.54. The number of ether oxygens (including phenoxy) is 1. The number of rotatable bonds is 6. The summed E-state index contributed by atoms with van der Waals surface area (Å²) < 4.78 is 4.74. The number of aliphatic carboxylic acids is 1. The molecule has 18 heavy (non-hydrogen) atoms. The summed E-state index contributed by atoms with van der Waals surface area (Å²) in [6.07, 6.45) is 1.23. The van der Waals surface area contributed by atoms with Crippen molar-refractivity contribution in [1.82, 2.24) is 4.98 Å². The van der Waals surface area contributed by atoms with E-state index in [-0.39, 0.29) is 25.5 Å². The molecule has 0 aliphatic carbocycles. The van der Waals surface area contributed by atoms with Gasteiger partial charge in [0.05, 0.1) is 11.4 Å². The number of halogens is 1. The molecule has 1 rings (SSSR count). The molecule has 1 heterocycles. The Bertz CT molecular complexity index is 422. The monoisotopic (exact) mass is 272 g/mol. The first-order valence-corrected chi connectivity index (χ1v) is 5.55. The molecule has 0 aromatic carbocycles. The van der Waals surface area contributed by atoms with Crippen LogP contribution in [0.1, 0.15) is 6.42 Å². The van der Waals surface area contributed by atoms with Gasteiger partial charge < -0.3 is 9.84 Å². The number of carbonyl (C=O) groups is 2. The van der Waals surface area contributed by atoms with Crippen LogP contribution in [-0.4, -0.2) is 42.2 Å². The number of methoxy groups -OCH3 is 1. The van der Waals surface area contributed by atoms with Crippen molar-refractivity contribution in [2.45, 2.75) is 6.42 Å². The van der Waals surface area contributed by atoms with Gasteiger partial charge in [0.2, 0.25) is 0 Å². The highest BCUT2D eigenvalue weighted by Gasteiger charge is 2.17. The van der Waals surface area contributed by atoms with Crippen molar-refractivity contribution >= 4 is 29.3 Å². The number of carboxylic acid groups (broad SMARTS) is 1. The molecule has 0 saturated carbocycles. The molecule has 1 aromatic heterocycles. The van der Waals surface area contributed by atoms with Gasteiger partial charge in [0.1, 0.15) is 12.4 Å². The smallest absolute Gasteiger partial charge is 0.305 e. The standard InChI is InChI=1S/C11H13ClN2O4/c1-18-7-10(15)14(5-4-11(16)17)9-3-2-8(12)6-13-9/h2-3,6H,4-5,7H2,1H3,(H,16,17). The zero-order valence-corrected chi connectivity index (χ0v) is 10.6. The lowest BCUT2D eigenvalue weighted by molar-refractivity contribution is -0.136. The predicted octanol–water partition coefficient (Wildman–Crippen LogP) is 1.19. The average molecular weight is 273 g/mol. The first kappa shape index (κ1) is 14.4. The second kappa shape index (κ2) is 6.93. The second-order valence-corrected chi connectivity index (χ2v) is 3.89. The topological polar surface area (TPSA) is 79.7 Å². The number of pyridine rings is 1. The van der Waals surface area contributed by atoms with E-state index in [1.807, 2.05) is 0 Å². The molecule has 6 nitrogen and oxygen atoms in total.